The van der Waals surface area contributed by atoms with E-state index in [9.17, 15) is 4.79 Å². The largest absolute Gasteiger partial charge is 1.00 e. The maximum absolute atomic E-state index is 13.4. The predicted molar refractivity (Wildman–Crippen MR) is 152 cm³/mol. The Kier molecular flexibility index (Phi) is 8.54. The quantitative estimate of drug-likeness (QED) is 0.239. The number of anilines is 2. The zero-order chi connectivity index (χ0) is 25.2. The molecule has 0 spiro atoms. The van der Waals surface area contributed by atoms with Gasteiger partial charge in [-0.2, -0.15) is 4.57 Å². The molecule has 5 rings (SSSR count). The number of hydrogen-bond donors (Lipinski definition) is 0. The first kappa shape index (κ1) is 27.1. The fourth-order valence-corrected chi connectivity index (χ4v) is 6.17. The Balaban J connectivity index is 0.00000320. The fourth-order valence-electron chi connectivity index (χ4n) is 5.11. The SMILES string of the molecule is CCN1C(=CC=c2sc(=Cc3cc[n+](CC)c4ccccc34)n(CC)c2=O)N(CC)c2ccccc21.[I-]. The van der Waals surface area contributed by atoms with Gasteiger partial charge in [-0.1, -0.05) is 24.3 Å². The number of allylic oxidation sites excluding steroid dienone is 1. The highest BCUT2D eigenvalue weighted by Gasteiger charge is 2.28. The summed E-state index contributed by atoms with van der Waals surface area (Å²) in [6.07, 6.45) is 8.39. The molecule has 0 bridgehead atoms. The first-order valence-corrected chi connectivity index (χ1v) is 13.6. The average molecular weight is 625 g/mol. The molecular formula is C30H33IN4OS. The molecule has 0 saturated carbocycles. The van der Waals surface area contributed by atoms with Crippen LogP contribution in [0.4, 0.5) is 11.4 Å². The summed E-state index contributed by atoms with van der Waals surface area (Å²) in [4.78, 5) is 18.0. The Morgan fingerprint density at radius 2 is 1.49 bits per heavy atom. The van der Waals surface area contributed by atoms with Gasteiger partial charge in [-0.15, -0.1) is 11.3 Å². The minimum absolute atomic E-state index is 0. The van der Waals surface area contributed by atoms with Crippen molar-refractivity contribution < 1.29 is 28.5 Å². The third kappa shape index (κ3) is 4.86. The maximum atomic E-state index is 13.4. The summed E-state index contributed by atoms with van der Waals surface area (Å²) < 4.78 is 5.85. The van der Waals surface area contributed by atoms with Crippen molar-refractivity contribution in [3.8, 4) is 0 Å². The summed E-state index contributed by atoms with van der Waals surface area (Å²) in [6.45, 7) is 11.8. The first-order chi connectivity index (χ1) is 17.6. The molecule has 4 aromatic rings. The number of para-hydroxylation sites is 3. The van der Waals surface area contributed by atoms with E-state index in [1.165, 1.54) is 22.3 Å². The molecule has 192 valence electrons. The third-order valence-electron chi connectivity index (χ3n) is 6.86. The van der Waals surface area contributed by atoms with E-state index in [1.54, 1.807) is 11.3 Å². The van der Waals surface area contributed by atoms with Crippen molar-refractivity contribution in [2.75, 3.05) is 22.9 Å². The van der Waals surface area contributed by atoms with Gasteiger partial charge in [0.2, 0.25) is 5.52 Å². The molecule has 0 atom stereocenters. The predicted octanol–water partition coefficient (Wildman–Crippen LogP) is 1.21. The maximum Gasteiger partial charge on any atom is 0.269 e. The molecule has 2 aromatic carbocycles. The smallest absolute Gasteiger partial charge is 0.269 e. The van der Waals surface area contributed by atoms with Crippen LogP contribution < -0.4 is 53.1 Å². The van der Waals surface area contributed by atoms with E-state index < -0.39 is 0 Å². The minimum Gasteiger partial charge on any atom is -1.00 e. The molecular weight excluding hydrogens is 591 g/mol. The first-order valence-electron chi connectivity index (χ1n) is 12.8. The third-order valence-corrected chi connectivity index (χ3v) is 7.94. The number of halogens is 1. The highest BCUT2D eigenvalue weighted by molar-refractivity contribution is 7.07. The van der Waals surface area contributed by atoms with E-state index in [4.69, 9.17) is 0 Å². The topological polar surface area (TPSA) is 32.4 Å². The number of aromatic nitrogens is 2. The summed E-state index contributed by atoms with van der Waals surface area (Å²) in [7, 11) is 0. The molecule has 1 aliphatic rings. The molecule has 0 amide bonds. The second kappa shape index (κ2) is 11.6. The molecule has 0 aliphatic carbocycles. The highest BCUT2D eigenvalue weighted by atomic mass is 127. The van der Waals surface area contributed by atoms with Crippen LogP contribution in [-0.2, 0) is 13.1 Å². The molecule has 0 saturated heterocycles. The molecule has 0 N–H and O–H groups in total. The standard InChI is InChI=1S/C30H33N4OS.HI/c1-5-31-20-19-22(23-13-9-10-14-24(23)31)21-29-34(8-4)30(35)27(36-29)17-18-28-32(6-2)25-15-11-12-16-26(25)33(28)7-3;/h9-21H,5-8H2,1-4H3;1H/q+1;/p-1. The van der Waals surface area contributed by atoms with Crippen LogP contribution in [0.15, 0.2) is 77.5 Å². The van der Waals surface area contributed by atoms with Crippen molar-refractivity contribution in [3.05, 3.63) is 97.8 Å². The Labute approximate surface area is 239 Å². The van der Waals surface area contributed by atoms with Crippen LogP contribution in [0, 0.1) is 0 Å². The number of benzene rings is 2. The van der Waals surface area contributed by atoms with E-state index in [0.29, 0.717) is 6.54 Å². The normalized spacial score (nSPS) is 13.9. The molecule has 5 nitrogen and oxygen atoms in total. The molecule has 2 aromatic heterocycles. The van der Waals surface area contributed by atoms with Crippen LogP contribution in [0.3, 0.4) is 0 Å². The Bertz CT molecular complexity index is 1600. The number of pyridine rings is 1. The van der Waals surface area contributed by atoms with Crippen LogP contribution in [0.1, 0.15) is 33.3 Å². The lowest BCUT2D eigenvalue weighted by Gasteiger charge is -2.23. The zero-order valence-corrected chi connectivity index (χ0v) is 24.8. The Morgan fingerprint density at radius 1 is 0.838 bits per heavy atom. The summed E-state index contributed by atoms with van der Waals surface area (Å²) >= 11 is 1.56. The molecule has 7 heteroatoms. The van der Waals surface area contributed by atoms with Crippen molar-refractivity contribution in [2.24, 2.45) is 0 Å². The van der Waals surface area contributed by atoms with Gasteiger partial charge >= 0.3 is 0 Å². The summed E-state index contributed by atoms with van der Waals surface area (Å²) in [6, 6.07) is 19.1. The summed E-state index contributed by atoms with van der Waals surface area (Å²) in [5.74, 6) is 1.11. The van der Waals surface area contributed by atoms with Gasteiger partial charge in [-0.25, -0.2) is 0 Å². The lowest BCUT2D eigenvalue weighted by Crippen LogP contribution is -3.00. The van der Waals surface area contributed by atoms with Gasteiger partial charge in [0, 0.05) is 31.8 Å². The molecule has 37 heavy (non-hydrogen) atoms. The second-order valence-electron chi connectivity index (χ2n) is 8.74. The van der Waals surface area contributed by atoms with E-state index in [-0.39, 0.29) is 29.5 Å². The highest BCUT2D eigenvalue weighted by Crippen LogP contribution is 2.40. The second-order valence-corrected chi connectivity index (χ2v) is 9.80. The van der Waals surface area contributed by atoms with Gasteiger partial charge in [0.1, 0.15) is 12.4 Å². The summed E-state index contributed by atoms with van der Waals surface area (Å²) in [5, 5.41) is 1.19. The molecule has 0 fully saturated rings. The van der Waals surface area contributed by atoms with E-state index >= 15 is 0 Å². The number of nitrogens with zero attached hydrogens (tertiary/aromatic N) is 4. The van der Waals surface area contributed by atoms with Crippen molar-refractivity contribution >= 4 is 45.8 Å². The van der Waals surface area contributed by atoms with Crippen molar-refractivity contribution in [3.63, 3.8) is 0 Å². The Hall–Kier alpha value is -2.91. The van der Waals surface area contributed by atoms with E-state index in [2.05, 4.69) is 108 Å². The number of aryl methyl sites for hydroxylation is 1. The van der Waals surface area contributed by atoms with Crippen molar-refractivity contribution in [1.29, 1.82) is 0 Å². The van der Waals surface area contributed by atoms with E-state index in [1.807, 2.05) is 17.6 Å². The van der Waals surface area contributed by atoms with Gasteiger partial charge in [-0.3, -0.25) is 9.36 Å². The molecule has 0 radical (unpaired) electrons. The van der Waals surface area contributed by atoms with Gasteiger partial charge in [0.25, 0.3) is 5.56 Å². The van der Waals surface area contributed by atoms with Crippen LogP contribution in [0.2, 0.25) is 0 Å². The van der Waals surface area contributed by atoms with E-state index in [0.717, 1.165) is 40.2 Å². The van der Waals surface area contributed by atoms with Crippen molar-refractivity contribution in [1.82, 2.24) is 4.57 Å². The summed E-state index contributed by atoms with van der Waals surface area (Å²) in [5.41, 5.74) is 4.83. The number of thiazole rings is 1. The van der Waals surface area contributed by atoms with Crippen LogP contribution in [0.5, 0.6) is 0 Å². The molecule has 1 aliphatic heterocycles. The molecule has 3 heterocycles. The zero-order valence-electron chi connectivity index (χ0n) is 21.8. The number of rotatable bonds is 6. The minimum atomic E-state index is 0. The monoisotopic (exact) mass is 624 g/mol. The van der Waals surface area contributed by atoms with Crippen molar-refractivity contribution in [2.45, 2.75) is 40.8 Å². The number of fused-ring (bicyclic) bond motifs is 2. The molecule has 0 unspecified atom stereocenters. The van der Waals surface area contributed by atoms with Crippen LogP contribution in [-0.4, -0.2) is 17.7 Å². The van der Waals surface area contributed by atoms with Gasteiger partial charge in [0.15, 0.2) is 6.20 Å². The van der Waals surface area contributed by atoms with Gasteiger partial charge in [0.05, 0.1) is 26.0 Å². The van der Waals surface area contributed by atoms with Gasteiger partial charge < -0.3 is 33.8 Å². The lowest BCUT2D eigenvalue weighted by molar-refractivity contribution is -0.667. The number of hydrogen-bond acceptors (Lipinski definition) is 4. The fraction of sp³-hybridized carbons (Fsp3) is 0.267. The van der Waals surface area contributed by atoms with Gasteiger partial charge in [-0.05, 0) is 69.7 Å². The van der Waals surface area contributed by atoms with Crippen LogP contribution >= 0.6 is 11.3 Å². The van der Waals surface area contributed by atoms with Crippen LogP contribution in [0.25, 0.3) is 23.1 Å². The average Bonchev–Trinajstić information content (AvgIpc) is 3.39. The Morgan fingerprint density at radius 3 is 2.11 bits per heavy atom. The lowest BCUT2D eigenvalue weighted by atomic mass is 10.1.